The van der Waals surface area contributed by atoms with E-state index in [0.29, 0.717) is 5.92 Å². The van der Waals surface area contributed by atoms with Gasteiger partial charge in [0, 0.05) is 0 Å². The zero-order chi connectivity index (χ0) is 10.5. The number of hydrogen-bond donors (Lipinski definition) is 2. The Morgan fingerprint density at radius 2 is 1.54 bits per heavy atom. The molecule has 0 rings (SSSR count). The number of rotatable bonds is 6. The average Bonchev–Trinajstić information content (AvgIpc) is 2.16. The molecule has 13 heavy (non-hydrogen) atoms. The van der Waals surface area contributed by atoms with E-state index in [1.807, 2.05) is 0 Å². The SMILES string of the molecule is CC(CN)CCCN.CCCCC. The molecule has 0 aliphatic heterocycles. The second-order valence-corrected chi connectivity index (χ2v) is 3.63. The Bertz CT molecular complexity index is 72.5. The van der Waals surface area contributed by atoms with Crippen LogP contribution in [0.5, 0.6) is 0 Å². The maximum absolute atomic E-state index is 5.37. The van der Waals surface area contributed by atoms with Crippen molar-refractivity contribution in [2.75, 3.05) is 13.1 Å². The average molecular weight is 188 g/mol. The van der Waals surface area contributed by atoms with Gasteiger partial charge in [-0.05, 0) is 31.8 Å². The number of hydrogen-bond acceptors (Lipinski definition) is 2. The molecular weight excluding hydrogens is 160 g/mol. The smallest absolute Gasteiger partial charge is 0.00515 e. The van der Waals surface area contributed by atoms with E-state index in [2.05, 4.69) is 20.8 Å². The second kappa shape index (κ2) is 14.4. The fourth-order valence-electron chi connectivity index (χ4n) is 0.938. The lowest BCUT2D eigenvalue weighted by Crippen LogP contribution is -2.12. The summed E-state index contributed by atoms with van der Waals surface area (Å²) in [7, 11) is 0. The van der Waals surface area contributed by atoms with Gasteiger partial charge in [-0.3, -0.25) is 0 Å². The van der Waals surface area contributed by atoms with Gasteiger partial charge in [0.15, 0.2) is 0 Å². The molecule has 1 unspecified atom stereocenters. The van der Waals surface area contributed by atoms with Crippen LogP contribution in [0.2, 0.25) is 0 Å². The molecule has 2 heteroatoms. The summed E-state index contributed by atoms with van der Waals surface area (Å²) in [6.45, 7) is 8.16. The zero-order valence-corrected chi connectivity index (χ0v) is 9.68. The molecule has 0 aliphatic carbocycles. The van der Waals surface area contributed by atoms with Crippen molar-refractivity contribution in [3.63, 3.8) is 0 Å². The molecule has 0 spiro atoms. The van der Waals surface area contributed by atoms with Crippen LogP contribution < -0.4 is 11.5 Å². The van der Waals surface area contributed by atoms with Gasteiger partial charge in [0.25, 0.3) is 0 Å². The Morgan fingerprint density at radius 3 is 1.77 bits per heavy atom. The van der Waals surface area contributed by atoms with Gasteiger partial charge in [0.2, 0.25) is 0 Å². The highest BCUT2D eigenvalue weighted by atomic mass is 14.5. The first-order valence-corrected chi connectivity index (χ1v) is 5.62. The summed E-state index contributed by atoms with van der Waals surface area (Å²) in [5.74, 6) is 0.651. The molecule has 2 nitrogen and oxygen atoms in total. The summed E-state index contributed by atoms with van der Waals surface area (Å²) >= 11 is 0. The molecule has 0 saturated carbocycles. The lowest BCUT2D eigenvalue weighted by atomic mass is 10.1. The van der Waals surface area contributed by atoms with Crippen LogP contribution in [0.15, 0.2) is 0 Å². The van der Waals surface area contributed by atoms with Crippen molar-refractivity contribution in [2.45, 2.75) is 52.9 Å². The molecule has 0 aromatic rings. The highest BCUT2D eigenvalue weighted by molar-refractivity contribution is 4.52. The highest BCUT2D eigenvalue weighted by Gasteiger charge is 1.95. The Hall–Kier alpha value is -0.0800. The quantitative estimate of drug-likeness (QED) is 0.673. The van der Waals surface area contributed by atoms with Gasteiger partial charge in [-0.15, -0.1) is 0 Å². The van der Waals surface area contributed by atoms with E-state index in [0.717, 1.165) is 19.5 Å². The minimum Gasteiger partial charge on any atom is -0.330 e. The molecule has 0 saturated heterocycles. The monoisotopic (exact) mass is 188 g/mol. The topological polar surface area (TPSA) is 52.0 Å². The van der Waals surface area contributed by atoms with Crippen LogP contribution in [-0.2, 0) is 0 Å². The van der Waals surface area contributed by atoms with Crippen LogP contribution >= 0.6 is 0 Å². The third-order valence-electron chi connectivity index (χ3n) is 2.01. The first-order valence-electron chi connectivity index (χ1n) is 5.62. The van der Waals surface area contributed by atoms with Crippen LogP contribution in [0.25, 0.3) is 0 Å². The first kappa shape index (κ1) is 15.4. The number of unbranched alkanes of at least 4 members (excludes halogenated alkanes) is 2. The Balaban J connectivity index is 0. The van der Waals surface area contributed by atoms with Crippen molar-refractivity contribution >= 4 is 0 Å². The summed E-state index contributed by atoms with van der Waals surface area (Å²) in [5.41, 5.74) is 10.7. The molecule has 0 fully saturated rings. The van der Waals surface area contributed by atoms with Crippen molar-refractivity contribution in [3.05, 3.63) is 0 Å². The molecule has 0 radical (unpaired) electrons. The lowest BCUT2D eigenvalue weighted by Gasteiger charge is -2.04. The molecule has 1 atom stereocenters. The van der Waals surface area contributed by atoms with Gasteiger partial charge in [0.1, 0.15) is 0 Å². The van der Waals surface area contributed by atoms with Crippen LogP contribution in [0, 0.1) is 5.92 Å². The van der Waals surface area contributed by atoms with E-state index >= 15 is 0 Å². The highest BCUT2D eigenvalue weighted by Crippen LogP contribution is 2.00. The standard InChI is InChI=1S/C6H16N2.C5H12/c1-6(5-8)3-2-4-7;1-3-5-4-2/h6H,2-5,7-8H2,1H3;3-5H2,1-2H3. The van der Waals surface area contributed by atoms with Crippen LogP contribution in [0.4, 0.5) is 0 Å². The summed E-state index contributed by atoms with van der Waals surface area (Å²) in [5, 5.41) is 0. The predicted molar refractivity (Wildman–Crippen MR) is 61.7 cm³/mol. The van der Waals surface area contributed by atoms with E-state index < -0.39 is 0 Å². The summed E-state index contributed by atoms with van der Waals surface area (Å²) in [6, 6.07) is 0. The van der Waals surface area contributed by atoms with Gasteiger partial charge < -0.3 is 11.5 Å². The minimum atomic E-state index is 0.651. The van der Waals surface area contributed by atoms with E-state index in [1.165, 1.54) is 25.7 Å². The van der Waals surface area contributed by atoms with Gasteiger partial charge in [-0.2, -0.15) is 0 Å². The molecule has 0 aromatic carbocycles. The molecule has 82 valence electrons. The zero-order valence-electron chi connectivity index (χ0n) is 9.68. The summed E-state index contributed by atoms with van der Waals surface area (Å²) < 4.78 is 0. The fourth-order valence-corrected chi connectivity index (χ4v) is 0.938. The van der Waals surface area contributed by atoms with Crippen LogP contribution in [0.3, 0.4) is 0 Å². The van der Waals surface area contributed by atoms with Crippen molar-refractivity contribution in [1.29, 1.82) is 0 Å². The van der Waals surface area contributed by atoms with Crippen molar-refractivity contribution in [1.82, 2.24) is 0 Å². The van der Waals surface area contributed by atoms with Crippen molar-refractivity contribution < 1.29 is 0 Å². The van der Waals surface area contributed by atoms with Crippen molar-refractivity contribution in [2.24, 2.45) is 17.4 Å². The molecular formula is C11H28N2. The molecule has 4 N–H and O–H groups in total. The van der Waals surface area contributed by atoms with Gasteiger partial charge in [0.05, 0.1) is 0 Å². The van der Waals surface area contributed by atoms with Crippen molar-refractivity contribution in [3.8, 4) is 0 Å². The fraction of sp³-hybridized carbons (Fsp3) is 1.00. The molecule has 0 amide bonds. The minimum absolute atomic E-state index is 0.651. The largest absolute Gasteiger partial charge is 0.330 e. The predicted octanol–water partition coefficient (Wildman–Crippen LogP) is 2.52. The summed E-state index contributed by atoms with van der Waals surface area (Å²) in [6.07, 6.45) is 6.36. The second-order valence-electron chi connectivity index (χ2n) is 3.63. The molecule has 0 bridgehead atoms. The first-order chi connectivity index (χ1) is 6.22. The maximum atomic E-state index is 5.37. The van der Waals surface area contributed by atoms with E-state index in [1.54, 1.807) is 0 Å². The Labute approximate surface area is 84.1 Å². The maximum Gasteiger partial charge on any atom is -0.00515 e. The van der Waals surface area contributed by atoms with E-state index in [-0.39, 0.29) is 0 Å². The van der Waals surface area contributed by atoms with Gasteiger partial charge >= 0.3 is 0 Å². The third-order valence-corrected chi connectivity index (χ3v) is 2.01. The third kappa shape index (κ3) is 18.7. The Kier molecular flexibility index (Phi) is 17.1. The van der Waals surface area contributed by atoms with Crippen LogP contribution in [-0.4, -0.2) is 13.1 Å². The summed E-state index contributed by atoms with van der Waals surface area (Å²) in [4.78, 5) is 0. The number of nitrogens with two attached hydrogens (primary N) is 2. The molecule has 0 aliphatic rings. The lowest BCUT2D eigenvalue weighted by molar-refractivity contribution is 0.525. The normalized spacial score (nSPS) is 11.8. The molecule has 0 aromatic heterocycles. The van der Waals surface area contributed by atoms with Gasteiger partial charge in [-0.25, -0.2) is 0 Å². The van der Waals surface area contributed by atoms with E-state index in [9.17, 15) is 0 Å². The van der Waals surface area contributed by atoms with E-state index in [4.69, 9.17) is 11.5 Å². The Morgan fingerprint density at radius 1 is 1.00 bits per heavy atom. The van der Waals surface area contributed by atoms with Crippen LogP contribution in [0.1, 0.15) is 52.9 Å². The van der Waals surface area contributed by atoms with Gasteiger partial charge in [-0.1, -0.05) is 40.0 Å². The molecule has 0 heterocycles.